The molecule has 1 aliphatic heterocycles. The highest BCUT2D eigenvalue weighted by molar-refractivity contribution is 6.00. The van der Waals surface area contributed by atoms with Gasteiger partial charge < -0.3 is 14.8 Å². The lowest BCUT2D eigenvalue weighted by Gasteiger charge is -2.29. The van der Waals surface area contributed by atoms with E-state index in [4.69, 9.17) is 9.47 Å². The fourth-order valence-electron chi connectivity index (χ4n) is 3.42. The van der Waals surface area contributed by atoms with Gasteiger partial charge in [0.1, 0.15) is 0 Å². The molecule has 1 aliphatic rings. The van der Waals surface area contributed by atoms with E-state index in [1.54, 1.807) is 20.0 Å². The van der Waals surface area contributed by atoms with Crippen LogP contribution in [-0.2, 0) is 19.1 Å². The molecule has 1 aromatic heterocycles. The Morgan fingerprint density at radius 2 is 1.52 bits per heavy atom. The number of nitrogens with one attached hydrogen (secondary N) is 2. The lowest BCUT2D eigenvalue weighted by Crippen LogP contribution is -2.32. The van der Waals surface area contributed by atoms with Gasteiger partial charge in [0, 0.05) is 17.0 Å². The molecule has 140 valence electrons. The Hall–Kier alpha value is -3.35. The standard InChI is InChI=1S/C20H21N3O4/c1-11-15(19(24)26-3)17(16(12(2)22-11)20(25)27-4)14-10-21-23-18(14)13-8-6-5-7-9-13/h5-10,17,22H,1-4H3,(H,21,23). The largest absolute Gasteiger partial charge is 0.466 e. The second kappa shape index (κ2) is 7.49. The summed E-state index contributed by atoms with van der Waals surface area (Å²) in [7, 11) is 2.63. The van der Waals surface area contributed by atoms with Crippen LogP contribution in [0.25, 0.3) is 11.3 Å². The van der Waals surface area contributed by atoms with Crippen molar-refractivity contribution >= 4 is 11.9 Å². The average Bonchev–Trinajstić information content (AvgIpc) is 3.16. The molecule has 27 heavy (non-hydrogen) atoms. The van der Waals surface area contributed by atoms with Crippen LogP contribution < -0.4 is 5.32 Å². The summed E-state index contributed by atoms with van der Waals surface area (Å²) in [5.74, 6) is -1.70. The molecule has 0 amide bonds. The van der Waals surface area contributed by atoms with E-state index >= 15 is 0 Å². The highest BCUT2D eigenvalue weighted by Crippen LogP contribution is 2.42. The zero-order chi connectivity index (χ0) is 19.6. The summed E-state index contributed by atoms with van der Waals surface area (Å²) in [6, 6.07) is 9.60. The molecule has 7 heteroatoms. The lowest BCUT2D eigenvalue weighted by molar-refractivity contribution is -0.137. The van der Waals surface area contributed by atoms with Crippen LogP contribution in [0.15, 0.2) is 59.1 Å². The number of esters is 2. The van der Waals surface area contributed by atoms with Gasteiger partial charge in [0.2, 0.25) is 0 Å². The molecule has 1 aromatic carbocycles. The Balaban J connectivity index is 2.25. The monoisotopic (exact) mass is 367 g/mol. The number of allylic oxidation sites excluding steroid dienone is 2. The minimum absolute atomic E-state index is 0.349. The second-order valence-corrected chi connectivity index (χ2v) is 6.18. The molecule has 3 rings (SSSR count). The summed E-state index contributed by atoms with van der Waals surface area (Å²) in [5.41, 5.74) is 4.26. The summed E-state index contributed by atoms with van der Waals surface area (Å²) in [6.45, 7) is 3.55. The number of carbonyl (C=O) groups is 2. The molecule has 0 atom stereocenters. The van der Waals surface area contributed by atoms with E-state index in [1.807, 2.05) is 30.3 Å². The van der Waals surface area contributed by atoms with E-state index in [0.717, 1.165) is 11.3 Å². The van der Waals surface area contributed by atoms with Crippen molar-refractivity contribution in [1.82, 2.24) is 15.5 Å². The average molecular weight is 367 g/mol. The molecule has 0 fully saturated rings. The Kier molecular flexibility index (Phi) is 5.12. The summed E-state index contributed by atoms with van der Waals surface area (Å²) >= 11 is 0. The third-order valence-electron chi connectivity index (χ3n) is 4.61. The smallest absolute Gasteiger partial charge is 0.336 e. The van der Waals surface area contributed by atoms with Gasteiger partial charge in [-0.15, -0.1) is 0 Å². The molecule has 0 aliphatic carbocycles. The highest BCUT2D eigenvalue weighted by Gasteiger charge is 2.39. The van der Waals surface area contributed by atoms with Crippen molar-refractivity contribution in [1.29, 1.82) is 0 Å². The molecule has 0 saturated carbocycles. The quantitative estimate of drug-likeness (QED) is 0.807. The SMILES string of the molecule is COC(=O)C1=C(C)NC(C)=C(C(=O)OC)C1c1cn[nH]c1-c1ccccc1. The Morgan fingerprint density at radius 1 is 0.963 bits per heavy atom. The Bertz CT molecular complexity index is 903. The van der Waals surface area contributed by atoms with Crippen LogP contribution >= 0.6 is 0 Å². The Labute approximate surface area is 157 Å². The van der Waals surface area contributed by atoms with Crippen molar-refractivity contribution in [2.45, 2.75) is 19.8 Å². The molecule has 7 nitrogen and oxygen atoms in total. The van der Waals surface area contributed by atoms with E-state index in [9.17, 15) is 9.59 Å². The number of H-pyrrole nitrogens is 1. The van der Waals surface area contributed by atoms with Crippen LogP contribution in [0, 0.1) is 0 Å². The maximum absolute atomic E-state index is 12.6. The number of aromatic nitrogens is 2. The van der Waals surface area contributed by atoms with Crippen molar-refractivity contribution in [2.24, 2.45) is 0 Å². The first-order chi connectivity index (χ1) is 13.0. The summed E-state index contributed by atoms with van der Waals surface area (Å²) < 4.78 is 9.98. The van der Waals surface area contributed by atoms with Crippen LogP contribution in [0.2, 0.25) is 0 Å². The molecular weight excluding hydrogens is 346 g/mol. The predicted molar refractivity (Wildman–Crippen MR) is 99.3 cm³/mol. The number of carbonyl (C=O) groups excluding carboxylic acids is 2. The molecule has 0 bridgehead atoms. The normalized spacial score (nSPS) is 14.8. The van der Waals surface area contributed by atoms with Gasteiger partial charge in [-0.25, -0.2) is 9.59 Å². The van der Waals surface area contributed by atoms with E-state index in [-0.39, 0.29) is 0 Å². The molecule has 0 unspecified atom stereocenters. The number of aromatic amines is 1. The van der Waals surface area contributed by atoms with Crippen molar-refractivity contribution in [3.8, 4) is 11.3 Å². The van der Waals surface area contributed by atoms with Crippen molar-refractivity contribution < 1.29 is 19.1 Å². The van der Waals surface area contributed by atoms with E-state index < -0.39 is 17.9 Å². The maximum Gasteiger partial charge on any atom is 0.336 e. The number of rotatable bonds is 4. The number of hydrogen-bond donors (Lipinski definition) is 2. The molecule has 2 N–H and O–H groups in total. The number of methoxy groups -OCH3 is 2. The molecule has 0 saturated heterocycles. The van der Waals surface area contributed by atoms with Gasteiger partial charge in [-0.05, 0) is 19.4 Å². The lowest BCUT2D eigenvalue weighted by atomic mass is 9.80. The van der Waals surface area contributed by atoms with E-state index in [1.165, 1.54) is 14.2 Å². The number of dihydropyridines is 1. The first-order valence-corrected chi connectivity index (χ1v) is 8.43. The topological polar surface area (TPSA) is 93.3 Å². The minimum atomic E-state index is -0.667. The van der Waals surface area contributed by atoms with Crippen molar-refractivity contribution in [3.63, 3.8) is 0 Å². The zero-order valence-electron chi connectivity index (χ0n) is 15.6. The van der Waals surface area contributed by atoms with E-state index in [0.29, 0.717) is 28.1 Å². The number of ether oxygens (including phenoxy) is 2. The van der Waals surface area contributed by atoms with Gasteiger partial charge in [-0.1, -0.05) is 30.3 Å². The van der Waals surface area contributed by atoms with Crippen LogP contribution in [-0.4, -0.2) is 36.4 Å². The summed E-state index contributed by atoms with van der Waals surface area (Å²) in [6.07, 6.45) is 1.63. The van der Waals surface area contributed by atoms with Crippen LogP contribution in [0.1, 0.15) is 25.3 Å². The van der Waals surface area contributed by atoms with Gasteiger partial charge in [0.05, 0.1) is 43.2 Å². The molecule has 2 heterocycles. The molecule has 0 radical (unpaired) electrons. The number of hydrogen-bond acceptors (Lipinski definition) is 6. The van der Waals surface area contributed by atoms with Gasteiger partial charge >= 0.3 is 11.9 Å². The van der Waals surface area contributed by atoms with Crippen LogP contribution in [0.5, 0.6) is 0 Å². The van der Waals surface area contributed by atoms with Gasteiger partial charge in [-0.3, -0.25) is 5.10 Å². The van der Waals surface area contributed by atoms with Crippen LogP contribution in [0.4, 0.5) is 0 Å². The first-order valence-electron chi connectivity index (χ1n) is 8.43. The second-order valence-electron chi connectivity index (χ2n) is 6.18. The van der Waals surface area contributed by atoms with Gasteiger partial charge in [-0.2, -0.15) is 5.10 Å². The number of nitrogens with zero attached hydrogens (tertiary/aromatic N) is 1. The van der Waals surface area contributed by atoms with Crippen molar-refractivity contribution in [2.75, 3.05) is 14.2 Å². The van der Waals surface area contributed by atoms with Crippen LogP contribution in [0.3, 0.4) is 0 Å². The third kappa shape index (κ3) is 3.23. The fourth-order valence-corrected chi connectivity index (χ4v) is 3.42. The number of benzene rings is 1. The zero-order valence-corrected chi connectivity index (χ0v) is 15.6. The Morgan fingerprint density at radius 3 is 2.04 bits per heavy atom. The van der Waals surface area contributed by atoms with Crippen molar-refractivity contribution in [3.05, 3.63) is 64.6 Å². The molecular formula is C20H21N3O4. The maximum atomic E-state index is 12.6. The summed E-state index contributed by atoms with van der Waals surface area (Å²) in [4.78, 5) is 25.1. The first kappa shape index (κ1) is 18.4. The molecule has 0 spiro atoms. The molecule has 2 aromatic rings. The fraction of sp³-hybridized carbons (Fsp3) is 0.250. The van der Waals surface area contributed by atoms with Gasteiger partial charge in [0.15, 0.2) is 0 Å². The summed E-state index contributed by atoms with van der Waals surface area (Å²) in [5, 5.41) is 10.2. The third-order valence-corrected chi connectivity index (χ3v) is 4.61. The minimum Gasteiger partial charge on any atom is -0.466 e. The predicted octanol–water partition coefficient (Wildman–Crippen LogP) is 2.66. The van der Waals surface area contributed by atoms with Gasteiger partial charge in [0.25, 0.3) is 0 Å². The highest BCUT2D eigenvalue weighted by atomic mass is 16.5. The van der Waals surface area contributed by atoms with E-state index in [2.05, 4.69) is 15.5 Å².